The second kappa shape index (κ2) is 5.97. The smallest absolute Gasteiger partial charge is 0.205 e. The van der Waals surface area contributed by atoms with Crippen LogP contribution in [-0.4, -0.2) is 6.71 Å². The maximum absolute atomic E-state index is 2.52. The second-order valence-corrected chi connectivity index (χ2v) is 8.01. The normalized spacial score (nSPS) is 37.5. The Hall–Kier alpha value is 0.662. The summed E-state index contributed by atoms with van der Waals surface area (Å²) in [6.45, 7) is 15.9. The van der Waals surface area contributed by atoms with Crippen molar-refractivity contribution < 1.29 is 18.9 Å². The maximum atomic E-state index is 2.52. The molecule has 1 saturated heterocycles. The third-order valence-electron chi connectivity index (χ3n) is 6.69. The van der Waals surface area contributed by atoms with Gasteiger partial charge in [0.25, 0.3) is 0 Å². The third-order valence-corrected chi connectivity index (χ3v) is 6.69. The summed E-state index contributed by atoms with van der Waals surface area (Å²) in [6.07, 6.45) is 6.02. The molecule has 0 N–H and O–H groups in total. The first-order valence-corrected chi connectivity index (χ1v) is 7.84. The molecule has 0 aromatic carbocycles. The summed E-state index contributed by atoms with van der Waals surface area (Å²) in [5.74, 6) is 4.83. The van der Waals surface area contributed by atoms with Gasteiger partial charge < -0.3 is 0 Å². The van der Waals surface area contributed by atoms with Crippen molar-refractivity contribution in [3.8, 4) is 0 Å². The molecule has 2 aliphatic rings. The van der Waals surface area contributed by atoms with E-state index in [1.807, 2.05) is 0 Å². The van der Waals surface area contributed by atoms with Crippen LogP contribution in [0.4, 0.5) is 0 Å². The van der Waals surface area contributed by atoms with Crippen LogP contribution in [0.3, 0.4) is 0 Å². The van der Waals surface area contributed by atoms with E-state index in [0.29, 0.717) is 5.31 Å². The number of rotatable bonds is 2. The molecule has 4 atom stereocenters. The molecule has 0 nitrogen and oxygen atoms in total. The molecular weight excluding hydrogens is 210 g/mol. The topological polar surface area (TPSA) is 0 Å². The zero-order valence-corrected chi connectivity index (χ0v) is 13.8. The van der Waals surface area contributed by atoms with Crippen molar-refractivity contribution in [3.63, 3.8) is 0 Å². The van der Waals surface area contributed by atoms with Crippen molar-refractivity contribution in [1.29, 1.82) is 0 Å². The minimum atomic E-state index is 0. The van der Waals surface area contributed by atoms with Crippen LogP contribution in [0.5, 0.6) is 0 Å². The first-order valence-electron chi connectivity index (χ1n) is 7.84. The Bertz CT molecular complexity index is 274. The predicted octanol–water partition coefficient (Wildman–Crippen LogP) is 2.38. The fourth-order valence-electron chi connectivity index (χ4n) is 4.52. The van der Waals surface area contributed by atoms with Gasteiger partial charge in [0.05, 0.1) is 0 Å². The van der Waals surface area contributed by atoms with Gasteiger partial charge in [0, 0.05) is 0 Å². The maximum Gasteiger partial charge on any atom is 1.00 e. The van der Waals surface area contributed by atoms with Gasteiger partial charge in [-0.25, -0.2) is 6.32 Å². The van der Waals surface area contributed by atoms with Gasteiger partial charge >= 0.3 is 18.9 Å². The number of fused-ring (bicyclic) bond motifs is 2. The first kappa shape index (κ1) is 16.7. The monoisotopic (exact) mass is 241 g/mol. The zero-order valence-electron chi connectivity index (χ0n) is 13.8. The van der Waals surface area contributed by atoms with Crippen LogP contribution in [0.25, 0.3) is 0 Å². The van der Waals surface area contributed by atoms with Crippen molar-refractivity contribution in [2.24, 2.45) is 23.7 Å². The molecule has 99 valence electrons. The minimum Gasteiger partial charge on any atom is -0.205 e. The summed E-state index contributed by atoms with van der Waals surface area (Å²) in [4.78, 5) is 0. The Balaban J connectivity index is 0.00000162. The summed E-state index contributed by atoms with van der Waals surface area (Å²) in [5.41, 5.74) is 0. The summed E-state index contributed by atoms with van der Waals surface area (Å²) in [6, 6.07) is 0. The first-order chi connectivity index (χ1) is 7.84. The van der Waals surface area contributed by atoms with Crippen LogP contribution in [0.2, 0.25) is 17.5 Å². The van der Waals surface area contributed by atoms with Gasteiger partial charge in [-0.05, 0) is 5.92 Å². The Morgan fingerprint density at radius 3 is 2.22 bits per heavy atom. The van der Waals surface area contributed by atoms with Crippen molar-refractivity contribution in [2.45, 2.75) is 78.3 Å². The molecular formula is C16H31BLi. The Kier molecular flexibility index (Phi) is 5.54. The van der Waals surface area contributed by atoms with Crippen molar-refractivity contribution in [1.82, 2.24) is 0 Å². The summed E-state index contributed by atoms with van der Waals surface area (Å²) < 4.78 is 0. The molecule has 1 heterocycles. The molecule has 0 aromatic heterocycles. The largest absolute Gasteiger partial charge is 1.00 e. The van der Waals surface area contributed by atoms with Crippen LogP contribution in [0.1, 0.15) is 60.8 Å². The fourth-order valence-corrected chi connectivity index (χ4v) is 4.52. The number of hydrogen-bond donors (Lipinski definition) is 0. The van der Waals surface area contributed by atoms with Gasteiger partial charge in [0.2, 0.25) is 0 Å². The predicted molar refractivity (Wildman–Crippen MR) is 78.9 cm³/mol. The third kappa shape index (κ3) is 2.88. The summed E-state index contributed by atoms with van der Waals surface area (Å²) >= 11 is 0. The average Bonchev–Trinajstić information content (AvgIpc) is 2.26. The van der Waals surface area contributed by atoms with Gasteiger partial charge in [0.1, 0.15) is 0 Å². The van der Waals surface area contributed by atoms with E-state index in [2.05, 4.69) is 41.5 Å². The van der Waals surface area contributed by atoms with Crippen molar-refractivity contribution >= 4 is 6.71 Å². The average molecular weight is 241 g/mol. The van der Waals surface area contributed by atoms with Crippen molar-refractivity contribution in [2.75, 3.05) is 0 Å². The van der Waals surface area contributed by atoms with Crippen LogP contribution >= 0.6 is 0 Å². The van der Waals surface area contributed by atoms with Gasteiger partial charge in [-0.2, -0.15) is 11.1 Å². The Morgan fingerprint density at radius 1 is 1.06 bits per heavy atom. The second-order valence-electron chi connectivity index (χ2n) is 8.01. The molecule has 2 fully saturated rings. The summed E-state index contributed by atoms with van der Waals surface area (Å²) in [7, 11) is 0. The van der Waals surface area contributed by atoms with E-state index in [0.717, 1.165) is 36.2 Å². The zero-order chi connectivity index (χ0) is 12.8. The summed E-state index contributed by atoms with van der Waals surface area (Å²) in [5, 5.41) is 0.523. The van der Waals surface area contributed by atoms with Gasteiger partial charge in [-0.15, -0.1) is 6.71 Å². The van der Waals surface area contributed by atoms with Gasteiger partial charge in [0.15, 0.2) is 0 Å². The molecule has 18 heavy (non-hydrogen) atoms. The van der Waals surface area contributed by atoms with E-state index in [9.17, 15) is 0 Å². The van der Waals surface area contributed by atoms with Crippen LogP contribution < -0.4 is 18.9 Å². The fraction of sp³-hybridized carbons (Fsp3) is 1.00. The minimum absolute atomic E-state index is 0. The van der Waals surface area contributed by atoms with Crippen LogP contribution in [0.15, 0.2) is 0 Å². The standard InChI is InChI=1S/C16H31B.Li/c1-11(2)16(5,6)17-10-13(4)14-8-7-12(3)15(17)9-14;/h11-15H,7-10H2,1-6H3;/q-1;+1/t12-,13?,14-,15-;/m0./s1. The van der Waals surface area contributed by atoms with E-state index in [-0.39, 0.29) is 18.9 Å². The molecule has 1 unspecified atom stereocenters. The molecule has 2 rings (SSSR count). The molecule has 1 aliphatic heterocycles. The number of hydrogen-bond acceptors (Lipinski definition) is 0. The molecule has 1 radical (unpaired) electrons. The Labute approximate surface area is 127 Å². The molecule has 0 amide bonds. The quantitative estimate of drug-likeness (QED) is 0.651. The van der Waals surface area contributed by atoms with E-state index < -0.39 is 0 Å². The Morgan fingerprint density at radius 2 is 1.67 bits per heavy atom. The van der Waals surface area contributed by atoms with Crippen LogP contribution in [0, 0.1) is 23.7 Å². The molecule has 1 saturated carbocycles. The van der Waals surface area contributed by atoms with E-state index >= 15 is 0 Å². The molecule has 0 spiro atoms. The molecule has 1 aliphatic carbocycles. The van der Waals surface area contributed by atoms with E-state index in [1.165, 1.54) is 25.6 Å². The van der Waals surface area contributed by atoms with Crippen LogP contribution in [-0.2, 0) is 0 Å². The van der Waals surface area contributed by atoms with Crippen molar-refractivity contribution in [3.05, 3.63) is 0 Å². The molecule has 2 bridgehead atoms. The van der Waals surface area contributed by atoms with Gasteiger partial charge in [-0.1, -0.05) is 78.6 Å². The van der Waals surface area contributed by atoms with E-state index in [4.69, 9.17) is 0 Å². The van der Waals surface area contributed by atoms with E-state index in [1.54, 1.807) is 0 Å². The molecule has 2 heteroatoms. The molecule has 0 aromatic rings. The SMILES string of the molecule is CC1C[B-](C(C)(C)C(C)C)[C@H]2C[C@@H]1CC[C@@H]2C.[Li+]. The van der Waals surface area contributed by atoms with Gasteiger partial charge in [-0.3, -0.25) is 0 Å².